The molecule has 0 aliphatic heterocycles. The molecule has 3 heterocycles. The van der Waals surface area contributed by atoms with Gasteiger partial charge >= 0.3 is 5.97 Å². The Labute approximate surface area is 163 Å². The molecule has 10 heteroatoms. The summed E-state index contributed by atoms with van der Waals surface area (Å²) >= 11 is 0. The van der Waals surface area contributed by atoms with Crippen molar-refractivity contribution in [1.29, 1.82) is 0 Å². The number of aromatic carboxylic acids is 1. The van der Waals surface area contributed by atoms with E-state index >= 15 is 0 Å². The van der Waals surface area contributed by atoms with Crippen molar-refractivity contribution in [2.75, 3.05) is 0 Å². The van der Waals surface area contributed by atoms with Crippen LogP contribution in [-0.4, -0.2) is 40.6 Å². The number of halogens is 1. The first kappa shape index (κ1) is 18.5. The lowest BCUT2D eigenvalue weighted by Crippen LogP contribution is -2.20. The summed E-state index contributed by atoms with van der Waals surface area (Å²) in [6, 6.07) is 4.54. The van der Waals surface area contributed by atoms with Crippen LogP contribution in [0.4, 0.5) is 4.39 Å². The lowest BCUT2D eigenvalue weighted by atomic mass is 10.0. The van der Waals surface area contributed by atoms with Crippen LogP contribution in [0.3, 0.4) is 0 Å². The average molecular weight is 396 g/mol. The normalized spacial score (nSPS) is 12.4. The zero-order valence-corrected chi connectivity index (χ0v) is 15.6. The molecule has 1 atom stereocenters. The summed E-state index contributed by atoms with van der Waals surface area (Å²) < 4.78 is 16.4. The highest BCUT2D eigenvalue weighted by atomic mass is 19.1. The number of nitrogens with zero attached hydrogens (tertiary/aromatic N) is 5. The van der Waals surface area contributed by atoms with E-state index in [-0.39, 0.29) is 28.9 Å². The van der Waals surface area contributed by atoms with Crippen molar-refractivity contribution in [3.05, 3.63) is 69.7 Å². The second-order valence-corrected chi connectivity index (χ2v) is 6.62. The molecule has 0 amide bonds. The maximum absolute atomic E-state index is 13.7. The molecular formula is C19H17FN6O3. The highest BCUT2D eigenvalue weighted by Crippen LogP contribution is 2.25. The average Bonchev–Trinajstić information content (AvgIpc) is 3.33. The van der Waals surface area contributed by atoms with Crippen LogP contribution in [0.2, 0.25) is 0 Å². The van der Waals surface area contributed by atoms with Crippen molar-refractivity contribution in [2.45, 2.75) is 26.3 Å². The van der Waals surface area contributed by atoms with Crippen LogP contribution < -0.4 is 5.56 Å². The van der Waals surface area contributed by atoms with Crippen molar-refractivity contribution < 1.29 is 14.3 Å². The quantitative estimate of drug-likeness (QED) is 0.535. The molecule has 148 valence electrons. The van der Waals surface area contributed by atoms with E-state index in [0.29, 0.717) is 17.5 Å². The van der Waals surface area contributed by atoms with E-state index in [1.54, 1.807) is 23.7 Å². The fraction of sp³-hybridized carbons (Fsp3) is 0.211. The third-order valence-corrected chi connectivity index (χ3v) is 4.74. The van der Waals surface area contributed by atoms with Gasteiger partial charge in [-0.2, -0.15) is 10.2 Å². The first-order valence-electron chi connectivity index (χ1n) is 8.91. The lowest BCUT2D eigenvalue weighted by molar-refractivity contribution is 0.0697. The molecule has 0 saturated heterocycles. The SMILES string of the molecule is CC[C@@H](c1ccc(F)c(C)c1)n1ncc2nc(-n3cc(C(=O)O)cn3)[nH]c(=O)c21. The monoisotopic (exact) mass is 396 g/mol. The summed E-state index contributed by atoms with van der Waals surface area (Å²) in [6.07, 6.45) is 4.52. The molecule has 2 N–H and O–H groups in total. The number of hydrogen-bond donors (Lipinski definition) is 2. The Morgan fingerprint density at radius 1 is 1.31 bits per heavy atom. The number of nitrogens with one attached hydrogen (secondary N) is 1. The zero-order valence-electron chi connectivity index (χ0n) is 15.6. The Morgan fingerprint density at radius 2 is 2.10 bits per heavy atom. The summed E-state index contributed by atoms with van der Waals surface area (Å²) in [5.74, 6) is -1.34. The maximum atomic E-state index is 13.7. The highest BCUT2D eigenvalue weighted by molar-refractivity contribution is 5.87. The van der Waals surface area contributed by atoms with Crippen molar-refractivity contribution in [2.24, 2.45) is 0 Å². The molecule has 0 saturated carbocycles. The van der Waals surface area contributed by atoms with Gasteiger partial charge in [0.1, 0.15) is 11.3 Å². The summed E-state index contributed by atoms with van der Waals surface area (Å²) in [6.45, 7) is 3.63. The third kappa shape index (κ3) is 3.18. The van der Waals surface area contributed by atoms with Crippen molar-refractivity contribution in [1.82, 2.24) is 29.5 Å². The standard InChI is InChI=1S/C19H17FN6O3/c1-3-15(11-4-5-13(20)10(2)6-11)26-16-14(8-22-26)23-19(24-17(16)27)25-9-12(7-21-25)18(28)29/h4-9,15H,3H2,1-2H3,(H,28,29)(H,23,24,27)/t15-/m0/s1. The minimum atomic E-state index is -1.13. The Balaban J connectivity index is 1.81. The van der Waals surface area contributed by atoms with E-state index in [1.165, 1.54) is 29.3 Å². The summed E-state index contributed by atoms with van der Waals surface area (Å²) in [5.41, 5.74) is 1.49. The van der Waals surface area contributed by atoms with E-state index in [9.17, 15) is 14.0 Å². The molecule has 0 bridgehead atoms. The van der Waals surface area contributed by atoms with Crippen LogP contribution >= 0.6 is 0 Å². The predicted molar refractivity (Wildman–Crippen MR) is 102 cm³/mol. The Morgan fingerprint density at radius 3 is 2.76 bits per heavy atom. The zero-order chi connectivity index (χ0) is 20.7. The van der Waals surface area contributed by atoms with Crippen LogP contribution in [0.5, 0.6) is 0 Å². The van der Waals surface area contributed by atoms with Gasteiger partial charge in [0.05, 0.1) is 24.0 Å². The van der Waals surface area contributed by atoms with Gasteiger partial charge in [0, 0.05) is 6.20 Å². The molecule has 9 nitrogen and oxygen atoms in total. The van der Waals surface area contributed by atoms with Crippen LogP contribution in [0.15, 0.2) is 41.6 Å². The summed E-state index contributed by atoms with van der Waals surface area (Å²) in [4.78, 5) is 30.8. The van der Waals surface area contributed by atoms with Gasteiger partial charge in [0.25, 0.3) is 5.56 Å². The van der Waals surface area contributed by atoms with Crippen LogP contribution in [0.25, 0.3) is 17.0 Å². The molecule has 0 aliphatic carbocycles. The number of aromatic amines is 1. The molecule has 0 fully saturated rings. The molecule has 3 aromatic heterocycles. The van der Waals surface area contributed by atoms with E-state index < -0.39 is 11.5 Å². The molecule has 4 aromatic rings. The molecule has 1 aromatic carbocycles. The third-order valence-electron chi connectivity index (χ3n) is 4.74. The lowest BCUT2D eigenvalue weighted by Gasteiger charge is -2.17. The van der Waals surface area contributed by atoms with Crippen molar-refractivity contribution in [3.8, 4) is 5.95 Å². The van der Waals surface area contributed by atoms with Crippen molar-refractivity contribution >= 4 is 17.0 Å². The minimum absolute atomic E-state index is 0.0267. The number of rotatable bonds is 5. The van der Waals surface area contributed by atoms with Gasteiger partial charge in [-0.15, -0.1) is 0 Å². The molecule has 0 unspecified atom stereocenters. The number of hydrogen-bond acceptors (Lipinski definition) is 5. The van der Waals surface area contributed by atoms with E-state index in [4.69, 9.17) is 5.11 Å². The number of aromatic nitrogens is 6. The largest absolute Gasteiger partial charge is 0.478 e. The van der Waals surface area contributed by atoms with Crippen LogP contribution in [0.1, 0.15) is 40.9 Å². The number of aryl methyl sites for hydroxylation is 1. The highest BCUT2D eigenvalue weighted by Gasteiger charge is 2.20. The fourth-order valence-electron chi connectivity index (χ4n) is 3.28. The number of benzene rings is 1. The Hall–Kier alpha value is -3.82. The van der Waals surface area contributed by atoms with Gasteiger partial charge in [-0.25, -0.2) is 18.9 Å². The van der Waals surface area contributed by atoms with E-state index in [2.05, 4.69) is 20.2 Å². The number of carboxylic acids is 1. The minimum Gasteiger partial charge on any atom is -0.478 e. The molecule has 0 spiro atoms. The summed E-state index contributed by atoms with van der Waals surface area (Å²) in [5, 5.41) is 17.3. The topological polar surface area (TPSA) is 119 Å². The Bertz CT molecular complexity index is 1290. The fourth-order valence-corrected chi connectivity index (χ4v) is 3.28. The Kier molecular flexibility index (Phi) is 4.45. The molecular weight excluding hydrogens is 379 g/mol. The molecule has 4 rings (SSSR count). The first-order chi connectivity index (χ1) is 13.9. The summed E-state index contributed by atoms with van der Waals surface area (Å²) in [7, 11) is 0. The van der Waals surface area contributed by atoms with Crippen molar-refractivity contribution in [3.63, 3.8) is 0 Å². The maximum Gasteiger partial charge on any atom is 0.338 e. The van der Waals surface area contributed by atoms with Crippen LogP contribution in [0, 0.1) is 12.7 Å². The second kappa shape index (κ2) is 6.97. The molecule has 0 aliphatic rings. The van der Waals surface area contributed by atoms with Gasteiger partial charge in [-0.3, -0.25) is 14.5 Å². The predicted octanol–water partition coefficient (Wildman–Crippen LogP) is 2.45. The van der Waals surface area contributed by atoms with Gasteiger partial charge in [-0.05, 0) is 30.5 Å². The van der Waals surface area contributed by atoms with E-state index in [1.807, 2.05) is 6.92 Å². The smallest absolute Gasteiger partial charge is 0.338 e. The van der Waals surface area contributed by atoms with Gasteiger partial charge in [-0.1, -0.05) is 19.1 Å². The van der Waals surface area contributed by atoms with E-state index in [0.717, 1.165) is 5.56 Å². The number of fused-ring (bicyclic) bond motifs is 1. The first-order valence-corrected chi connectivity index (χ1v) is 8.91. The van der Waals surface area contributed by atoms with Crippen LogP contribution in [-0.2, 0) is 0 Å². The number of carboxylic acid groups (broad SMARTS) is 1. The second-order valence-electron chi connectivity index (χ2n) is 6.62. The van der Waals surface area contributed by atoms with Gasteiger partial charge < -0.3 is 5.11 Å². The van der Waals surface area contributed by atoms with Gasteiger partial charge in [0.2, 0.25) is 5.95 Å². The molecule has 29 heavy (non-hydrogen) atoms. The number of carbonyl (C=O) groups is 1. The van der Waals surface area contributed by atoms with Gasteiger partial charge in [0.15, 0.2) is 5.52 Å². The number of H-pyrrole nitrogens is 1. The molecule has 0 radical (unpaired) electrons.